The molecule has 0 aromatic rings. The fourth-order valence-electron chi connectivity index (χ4n) is 5.03. The molecule has 2 fully saturated rings. The maximum atomic E-state index is 10.5. The molecule has 0 unspecified atom stereocenters. The second kappa shape index (κ2) is 5.09. The number of aliphatic hydroxyl groups excluding tert-OH is 1. The van der Waals surface area contributed by atoms with E-state index < -0.39 is 19.3 Å². The van der Waals surface area contributed by atoms with Gasteiger partial charge in [0.2, 0.25) is 0 Å². The van der Waals surface area contributed by atoms with Crippen LogP contribution in [-0.2, 0) is 0 Å². The van der Waals surface area contributed by atoms with Gasteiger partial charge in [-0.2, -0.15) is 0 Å². The topological polar surface area (TPSA) is 40.5 Å². The molecule has 2 N–H and O–H groups in total. The summed E-state index contributed by atoms with van der Waals surface area (Å²) >= 11 is 0. The van der Waals surface area contributed by atoms with Crippen molar-refractivity contribution in [2.24, 2.45) is 16.7 Å². The first-order chi connectivity index (χ1) is 12.3. The fourth-order valence-corrected chi connectivity index (χ4v) is 5.03. The highest BCUT2D eigenvalue weighted by atomic mass is 16.3. The predicted octanol–water partition coefficient (Wildman–Crippen LogP) is 4.21. The maximum absolute atomic E-state index is 10.5. The molecule has 0 heterocycles. The van der Waals surface area contributed by atoms with Gasteiger partial charge in [0.1, 0.15) is 0 Å². The molecule has 0 spiro atoms. The van der Waals surface area contributed by atoms with Gasteiger partial charge in [-0.1, -0.05) is 18.6 Å². The average Bonchev–Trinajstić information content (AvgIpc) is 3.19. The first kappa shape index (κ1) is 9.72. The molecule has 3 atom stereocenters. The predicted molar refractivity (Wildman–Crippen MR) is 86.0 cm³/mol. The molecule has 3 aliphatic rings. The second-order valence-corrected chi connectivity index (χ2v) is 7.83. The number of hydrogen-bond donors (Lipinski definition) is 2. The Morgan fingerprint density at radius 1 is 1.38 bits per heavy atom. The molecule has 2 nitrogen and oxygen atoms in total. The molecule has 0 aliphatic heterocycles. The quantitative estimate of drug-likeness (QED) is 0.747. The summed E-state index contributed by atoms with van der Waals surface area (Å²) in [5, 5.41) is 20.9. The number of aliphatic hydroxyl groups is 2. The van der Waals surface area contributed by atoms with Crippen LogP contribution in [0, 0.1) is 16.7 Å². The SMILES string of the molecule is [2H]C([2H])([2H])C(O)(CCCC1(C2=CC[C@H]3[C@@H](O)CCC[C@@]23C)CC1)C([2H])([2H])[2H]. The van der Waals surface area contributed by atoms with E-state index in [1.54, 1.807) is 0 Å². The van der Waals surface area contributed by atoms with E-state index in [0.29, 0.717) is 12.8 Å². The van der Waals surface area contributed by atoms with Crippen LogP contribution in [0.3, 0.4) is 0 Å². The largest absolute Gasteiger partial charge is 0.393 e. The van der Waals surface area contributed by atoms with Gasteiger partial charge in [-0.05, 0) is 88.2 Å². The number of rotatable bonds is 5. The summed E-state index contributed by atoms with van der Waals surface area (Å²) in [5.41, 5.74) is -1.26. The Kier molecular flexibility index (Phi) is 2.36. The summed E-state index contributed by atoms with van der Waals surface area (Å²) in [6.45, 7) is -3.63. The minimum Gasteiger partial charge on any atom is -0.393 e. The van der Waals surface area contributed by atoms with E-state index in [4.69, 9.17) is 8.22 Å². The zero-order chi connectivity index (χ0) is 20.3. The van der Waals surface area contributed by atoms with Gasteiger partial charge >= 0.3 is 0 Å². The van der Waals surface area contributed by atoms with E-state index in [-0.39, 0.29) is 29.3 Å². The molecule has 0 amide bonds. The van der Waals surface area contributed by atoms with Gasteiger partial charge in [-0.25, -0.2) is 0 Å². The summed E-state index contributed by atoms with van der Waals surface area (Å²) in [5.74, 6) is 0.264. The van der Waals surface area contributed by atoms with Gasteiger partial charge < -0.3 is 10.2 Å². The first-order valence-electron chi connectivity index (χ1n) is 11.4. The molecular formula is C19H32O2. The molecule has 3 rings (SSSR count). The van der Waals surface area contributed by atoms with Gasteiger partial charge in [-0.15, -0.1) is 0 Å². The number of fused-ring (bicyclic) bond motifs is 1. The van der Waals surface area contributed by atoms with E-state index in [1.165, 1.54) is 5.57 Å². The second-order valence-electron chi connectivity index (χ2n) is 7.83. The minimum atomic E-state index is -2.94. The molecule has 0 saturated heterocycles. The van der Waals surface area contributed by atoms with Crippen molar-refractivity contribution in [3.8, 4) is 0 Å². The normalized spacial score (nSPS) is 43.5. The Bertz CT molecular complexity index is 590. The van der Waals surface area contributed by atoms with E-state index in [1.807, 2.05) is 0 Å². The van der Waals surface area contributed by atoms with Crippen LogP contribution in [0.5, 0.6) is 0 Å². The molecule has 0 aromatic heterocycles. The van der Waals surface area contributed by atoms with Gasteiger partial charge in [0.25, 0.3) is 0 Å². The Balaban J connectivity index is 1.70. The van der Waals surface area contributed by atoms with Crippen LogP contribution in [0.4, 0.5) is 0 Å². The molecule has 3 aliphatic carbocycles. The van der Waals surface area contributed by atoms with Crippen LogP contribution in [0.15, 0.2) is 11.6 Å². The Hall–Kier alpha value is -0.340. The molecule has 120 valence electrons. The molecule has 2 saturated carbocycles. The van der Waals surface area contributed by atoms with Gasteiger partial charge in [-0.3, -0.25) is 0 Å². The van der Waals surface area contributed by atoms with E-state index in [2.05, 4.69) is 13.0 Å². The smallest absolute Gasteiger partial charge is 0.0591 e. The summed E-state index contributed by atoms with van der Waals surface area (Å²) < 4.78 is 45.1. The van der Waals surface area contributed by atoms with Crippen molar-refractivity contribution in [2.75, 3.05) is 0 Å². The van der Waals surface area contributed by atoms with Crippen molar-refractivity contribution in [1.82, 2.24) is 0 Å². The fraction of sp³-hybridized carbons (Fsp3) is 0.895. The lowest BCUT2D eigenvalue weighted by Gasteiger charge is -2.44. The third kappa shape index (κ3) is 2.82. The lowest BCUT2D eigenvalue weighted by molar-refractivity contribution is 0.00617. The van der Waals surface area contributed by atoms with E-state index in [0.717, 1.165) is 38.5 Å². The molecule has 21 heavy (non-hydrogen) atoms. The zero-order valence-electron chi connectivity index (χ0n) is 19.0. The first-order valence-corrected chi connectivity index (χ1v) is 8.39. The van der Waals surface area contributed by atoms with Gasteiger partial charge in [0.05, 0.1) is 11.7 Å². The van der Waals surface area contributed by atoms with Crippen molar-refractivity contribution < 1.29 is 18.4 Å². The van der Waals surface area contributed by atoms with Crippen molar-refractivity contribution in [3.63, 3.8) is 0 Å². The molecule has 0 bridgehead atoms. The summed E-state index contributed by atoms with van der Waals surface area (Å²) in [4.78, 5) is 0. The average molecular weight is 298 g/mol. The summed E-state index contributed by atoms with van der Waals surface area (Å²) in [7, 11) is 0. The summed E-state index contributed by atoms with van der Waals surface area (Å²) in [6, 6.07) is 0. The van der Waals surface area contributed by atoms with Crippen LogP contribution >= 0.6 is 0 Å². The monoisotopic (exact) mass is 298 g/mol. The Morgan fingerprint density at radius 2 is 2.14 bits per heavy atom. The highest BCUT2D eigenvalue weighted by molar-refractivity contribution is 5.34. The number of hydrogen-bond acceptors (Lipinski definition) is 2. The minimum absolute atomic E-state index is 0.00146. The molecule has 2 heteroatoms. The van der Waals surface area contributed by atoms with Gasteiger partial charge in [0, 0.05) is 8.22 Å². The number of allylic oxidation sites excluding steroid dienone is 2. The van der Waals surface area contributed by atoms with Crippen molar-refractivity contribution in [1.29, 1.82) is 0 Å². The van der Waals surface area contributed by atoms with Crippen molar-refractivity contribution in [2.45, 2.75) is 90.1 Å². The molecule has 0 radical (unpaired) electrons. The Morgan fingerprint density at radius 3 is 2.81 bits per heavy atom. The molecular weight excluding hydrogens is 260 g/mol. The lowest BCUT2D eigenvalue weighted by atomic mass is 9.62. The Labute approximate surface area is 138 Å². The zero-order valence-corrected chi connectivity index (χ0v) is 13.0. The third-order valence-electron chi connectivity index (χ3n) is 6.29. The molecule has 0 aromatic carbocycles. The van der Waals surface area contributed by atoms with Crippen LogP contribution in [0.1, 0.15) is 86.6 Å². The van der Waals surface area contributed by atoms with Crippen LogP contribution < -0.4 is 0 Å². The van der Waals surface area contributed by atoms with Crippen molar-refractivity contribution in [3.05, 3.63) is 11.6 Å². The highest BCUT2D eigenvalue weighted by Gasteiger charge is 2.57. The van der Waals surface area contributed by atoms with Crippen molar-refractivity contribution >= 4 is 0 Å². The summed E-state index contributed by atoms with van der Waals surface area (Å²) in [6.07, 6.45) is 8.72. The highest BCUT2D eigenvalue weighted by Crippen LogP contribution is 2.67. The van der Waals surface area contributed by atoms with Gasteiger partial charge in [0.15, 0.2) is 0 Å². The standard InChI is InChI=1S/C19H32O2/c1-17(2,21)9-5-11-19(12-13-19)16-8-7-14-15(20)6-4-10-18(14,16)3/h8,14-15,20-21H,4-7,9-13H2,1-3H3/t14-,15-,18+/m0/s1/i1D3,2D3. The van der Waals surface area contributed by atoms with E-state index >= 15 is 0 Å². The van der Waals surface area contributed by atoms with E-state index in [9.17, 15) is 10.2 Å². The van der Waals surface area contributed by atoms with Crippen LogP contribution in [-0.4, -0.2) is 21.9 Å². The maximum Gasteiger partial charge on any atom is 0.0591 e. The third-order valence-corrected chi connectivity index (χ3v) is 6.29. The van der Waals surface area contributed by atoms with Crippen LogP contribution in [0.2, 0.25) is 0 Å². The lowest BCUT2D eigenvalue weighted by Crippen LogP contribution is -2.40. The van der Waals surface area contributed by atoms with Crippen LogP contribution in [0.25, 0.3) is 0 Å².